The number of nitrogens with zero attached hydrogens (tertiary/aromatic N) is 2. The molecule has 2 aromatic carbocycles. The summed E-state index contributed by atoms with van der Waals surface area (Å²) < 4.78 is 13.8. The maximum Gasteiger partial charge on any atom is 0.248 e. The van der Waals surface area contributed by atoms with E-state index in [2.05, 4.69) is 15.6 Å². The van der Waals surface area contributed by atoms with Gasteiger partial charge in [0.25, 0.3) is 0 Å². The molecule has 3 aromatic rings. The number of halogens is 1. The van der Waals surface area contributed by atoms with E-state index in [9.17, 15) is 18.8 Å². The molecule has 3 amide bonds. The third-order valence-electron chi connectivity index (χ3n) is 7.00. The molecule has 1 aromatic heterocycles. The average Bonchev–Trinajstić information content (AvgIpc) is 3.42. The van der Waals surface area contributed by atoms with Gasteiger partial charge >= 0.3 is 0 Å². The molecule has 204 valence electrons. The van der Waals surface area contributed by atoms with Gasteiger partial charge in [-0.05, 0) is 74.6 Å². The lowest BCUT2D eigenvalue weighted by molar-refractivity contribution is -0.127. The second-order valence-corrected chi connectivity index (χ2v) is 10.1. The first-order valence-corrected chi connectivity index (χ1v) is 13.5. The summed E-state index contributed by atoms with van der Waals surface area (Å²) in [6.07, 6.45) is 5.94. The fraction of sp³-hybridized carbons (Fsp3) is 0.355. The number of amides is 3. The van der Waals surface area contributed by atoms with Crippen molar-refractivity contribution in [2.24, 2.45) is 0 Å². The highest BCUT2D eigenvalue weighted by atomic mass is 19.1. The van der Waals surface area contributed by atoms with Crippen LogP contribution >= 0.6 is 0 Å². The molecule has 39 heavy (non-hydrogen) atoms. The molecule has 8 heteroatoms. The van der Waals surface area contributed by atoms with Crippen molar-refractivity contribution in [3.8, 4) is 0 Å². The molecule has 1 heterocycles. The topological polar surface area (TPSA) is 91.4 Å². The van der Waals surface area contributed by atoms with E-state index in [-0.39, 0.29) is 36.6 Å². The van der Waals surface area contributed by atoms with Crippen LogP contribution in [0.3, 0.4) is 0 Å². The van der Waals surface area contributed by atoms with Crippen LogP contribution in [0.5, 0.6) is 0 Å². The van der Waals surface area contributed by atoms with Gasteiger partial charge in [-0.25, -0.2) is 9.37 Å². The van der Waals surface area contributed by atoms with Crippen molar-refractivity contribution >= 4 is 29.2 Å². The van der Waals surface area contributed by atoms with Crippen molar-refractivity contribution in [1.82, 2.24) is 10.3 Å². The predicted molar refractivity (Wildman–Crippen MR) is 150 cm³/mol. The number of anilines is 2. The number of benzene rings is 2. The number of carbonyl (C=O) groups excluding carboxylic acids is 3. The standard InChI is InChI=1S/C31H35FN4O3/c1-21-13-18-26(22(2)20-21)36(29(38)12-7-11-28(37)35-27-10-5-6-19-33-27)30(23-14-16-24(32)17-15-23)31(39)34-25-8-3-4-9-25/h5-6,10,13-20,25,30H,3-4,7-9,11-12H2,1-2H3,(H,34,39)(H,33,35,37). The van der Waals surface area contributed by atoms with Gasteiger partial charge in [-0.1, -0.05) is 48.7 Å². The lowest BCUT2D eigenvalue weighted by atomic mass is 9.99. The Morgan fingerprint density at radius 3 is 2.41 bits per heavy atom. The van der Waals surface area contributed by atoms with Crippen molar-refractivity contribution in [3.05, 3.63) is 89.4 Å². The second-order valence-electron chi connectivity index (χ2n) is 10.1. The SMILES string of the molecule is Cc1ccc(N(C(=O)CCCC(=O)Nc2ccccn2)C(C(=O)NC2CCCC2)c2ccc(F)cc2)c(C)c1. The molecule has 0 radical (unpaired) electrons. The first-order valence-electron chi connectivity index (χ1n) is 13.5. The van der Waals surface area contributed by atoms with E-state index >= 15 is 0 Å². The number of aromatic nitrogens is 1. The maximum atomic E-state index is 13.9. The highest BCUT2D eigenvalue weighted by molar-refractivity contribution is 6.02. The zero-order valence-electron chi connectivity index (χ0n) is 22.5. The van der Waals surface area contributed by atoms with Crippen LogP contribution in [0.4, 0.5) is 15.9 Å². The summed E-state index contributed by atoms with van der Waals surface area (Å²) in [4.78, 5) is 45.7. The van der Waals surface area contributed by atoms with Gasteiger partial charge in [0.15, 0.2) is 0 Å². The van der Waals surface area contributed by atoms with Crippen molar-refractivity contribution in [3.63, 3.8) is 0 Å². The Balaban J connectivity index is 1.60. The van der Waals surface area contributed by atoms with E-state index in [1.165, 1.54) is 17.0 Å². The van der Waals surface area contributed by atoms with Crippen molar-refractivity contribution in [2.75, 3.05) is 10.2 Å². The minimum absolute atomic E-state index is 0.0480. The maximum absolute atomic E-state index is 13.9. The Morgan fingerprint density at radius 2 is 1.74 bits per heavy atom. The zero-order valence-corrected chi connectivity index (χ0v) is 22.5. The van der Waals surface area contributed by atoms with E-state index in [1.807, 2.05) is 32.0 Å². The van der Waals surface area contributed by atoms with Crippen molar-refractivity contribution in [1.29, 1.82) is 0 Å². The molecule has 1 unspecified atom stereocenters. The van der Waals surface area contributed by atoms with Crippen LogP contribution in [0.2, 0.25) is 0 Å². The molecule has 1 atom stereocenters. The third kappa shape index (κ3) is 7.50. The lowest BCUT2D eigenvalue weighted by Gasteiger charge is -2.33. The Hall–Kier alpha value is -4.07. The largest absolute Gasteiger partial charge is 0.351 e. The summed E-state index contributed by atoms with van der Waals surface area (Å²) in [6.45, 7) is 3.87. The first kappa shape index (κ1) is 28.0. The van der Waals surface area contributed by atoms with Gasteiger partial charge < -0.3 is 10.6 Å². The minimum atomic E-state index is -0.984. The van der Waals surface area contributed by atoms with Crippen molar-refractivity contribution in [2.45, 2.75) is 70.9 Å². The van der Waals surface area contributed by atoms with Crippen LogP contribution in [0.1, 0.15) is 67.7 Å². The van der Waals surface area contributed by atoms with E-state index in [4.69, 9.17) is 0 Å². The third-order valence-corrected chi connectivity index (χ3v) is 7.00. The van der Waals surface area contributed by atoms with Crippen LogP contribution in [-0.4, -0.2) is 28.7 Å². The van der Waals surface area contributed by atoms with Gasteiger partial charge in [-0.15, -0.1) is 0 Å². The second kappa shape index (κ2) is 13.1. The van der Waals surface area contributed by atoms with Crippen LogP contribution in [-0.2, 0) is 14.4 Å². The summed E-state index contributed by atoms with van der Waals surface area (Å²) in [7, 11) is 0. The Labute approximate surface area is 228 Å². The van der Waals surface area contributed by atoms with E-state index in [0.717, 1.165) is 36.8 Å². The zero-order chi connectivity index (χ0) is 27.8. The molecule has 0 aliphatic heterocycles. The van der Waals surface area contributed by atoms with Gasteiger partial charge in [0.1, 0.15) is 17.7 Å². The number of aryl methyl sites for hydroxylation is 2. The first-order chi connectivity index (χ1) is 18.8. The van der Waals surface area contributed by atoms with Crippen LogP contribution in [0, 0.1) is 19.7 Å². The van der Waals surface area contributed by atoms with Gasteiger partial charge in [0, 0.05) is 30.8 Å². The highest BCUT2D eigenvalue weighted by Crippen LogP contribution is 2.33. The van der Waals surface area contributed by atoms with Gasteiger partial charge in [0.2, 0.25) is 17.7 Å². The smallest absolute Gasteiger partial charge is 0.248 e. The fourth-order valence-corrected chi connectivity index (χ4v) is 5.07. The summed E-state index contributed by atoms with van der Waals surface area (Å²) in [5.74, 6) is -0.797. The Bertz CT molecular complexity index is 1290. The average molecular weight is 531 g/mol. The fourth-order valence-electron chi connectivity index (χ4n) is 5.07. The number of hydrogen-bond acceptors (Lipinski definition) is 4. The summed E-state index contributed by atoms with van der Waals surface area (Å²) in [5, 5.41) is 5.86. The Morgan fingerprint density at radius 1 is 1.00 bits per heavy atom. The quantitative estimate of drug-likeness (QED) is 0.348. The van der Waals surface area contributed by atoms with E-state index in [1.54, 1.807) is 36.5 Å². The number of carbonyl (C=O) groups is 3. The predicted octanol–water partition coefficient (Wildman–Crippen LogP) is 5.78. The number of pyridine rings is 1. The molecule has 7 nitrogen and oxygen atoms in total. The lowest BCUT2D eigenvalue weighted by Crippen LogP contribution is -2.46. The van der Waals surface area contributed by atoms with Gasteiger partial charge in [0.05, 0.1) is 0 Å². The van der Waals surface area contributed by atoms with E-state index in [0.29, 0.717) is 23.5 Å². The van der Waals surface area contributed by atoms with Crippen LogP contribution < -0.4 is 15.5 Å². The monoisotopic (exact) mass is 530 g/mol. The number of nitrogens with one attached hydrogen (secondary N) is 2. The summed E-state index contributed by atoms with van der Waals surface area (Å²) in [6, 6.07) is 15.7. The summed E-state index contributed by atoms with van der Waals surface area (Å²) >= 11 is 0. The molecule has 1 saturated carbocycles. The van der Waals surface area contributed by atoms with Crippen LogP contribution in [0.15, 0.2) is 66.9 Å². The highest BCUT2D eigenvalue weighted by Gasteiger charge is 2.34. The molecular weight excluding hydrogens is 495 g/mol. The molecule has 1 aliphatic rings. The molecule has 2 N–H and O–H groups in total. The minimum Gasteiger partial charge on any atom is -0.351 e. The number of rotatable bonds is 10. The normalized spacial score (nSPS) is 14.0. The van der Waals surface area contributed by atoms with E-state index < -0.39 is 11.9 Å². The molecule has 1 aliphatic carbocycles. The number of hydrogen-bond donors (Lipinski definition) is 2. The van der Waals surface area contributed by atoms with Crippen molar-refractivity contribution < 1.29 is 18.8 Å². The Kier molecular flexibility index (Phi) is 9.41. The molecule has 0 bridgehead atoms. The van der Waals surface area contributed by atoms with Gasteiger partial charge in [-0.3, -0.25) is 19.3 Å². The van der Waals surface area contributed by atoms with Gasteiger partial charge in [-0.2, -0.15) is 0 Å². The molecule has 0 saturated heterocycles. The molecular formula is C31H35FN4O3. The molecule has 4 rings (SSSR count). The molecule has 0 spiro atoms. The summed E-state index contributed by atoms with van der Waals surface area (Å²) in [5.41, 5.74) is 3.01. The van der Waals surface area contributed by atoms with Crippen LogP contribution in [0.25, 0.3) is 0 Å². The molecule has 1 fully saturated rings.